The van der Waals surface area contributed by atoms with Crippen LogP contribution in [-0.2, 0) is 27.8 Å². The maximum absolute atomic E-state index is 12.1. The van der Waals surface area contributed by atoms with Gasteiger partial charge in [-0.15, -0.1) is 0 Å². The highest BCUT2D eigenvalue weighted by Gasteiger charge is 2.19. The molecular formula is C17H20ClN2O7S2+. The van der Waals surface area contributed by atoms with Crippen molar-refractivity contribution in [2.45, 2.75) is 32.7 Å². The molecule has 2 rings (SSSR count). The summed E-state index contributed by atoms with van der Waals surface area (Å²) >= 11 is 7.22. The van der Waals surface area contributed by atoms with Gasteiger partial charge in [-0.2, -0.15) is 13.0 Å². The molecule has 0 aliphatic carbocycles. The Balaban J connectivity index is 1.86. The van der Waals surface area contributed by atoms with Crippen molar-refractivity contribution in [3.8, 4) is 0 Å². The lowest BCUT2D eigenvalue weighted by Crippen LogP contribution is -2.34. The van der Waals surface area contributed by atoms with E-state index in [2.05, 4.69) is 0 Å². The summed E-state index contributed by atoms with van der Waals surface area (Å²) in [5, 5.41) is 10.9. The van der Waals surface area contributed by atoms with Gasteiger partial charge >= 0.3 is 5.97 Å². The van der Waals surface area contributed by atoms with Gasteiger partial charge < -0.3 is 4.74 Å². The van der Waals surface area contributed by atoms with Crippen LogP contribution in [0.25, 0.3) is 0 Å². The standard InChI is InChI=1S/C17H19ClN2O7S2/c1-12-16(28-11-19(12)7-2-3-9-29(24,25)26)6-8-27-17(21)13-4-5-14(18)15(10-13)20(22)23/h4-5,10-11H,2-3,6-9H2,1H3/p+1. The number of esters is 1. The largest absolute Gasteiger partial charge is 0.462 e. The molecule has 12 heteroatoms. The second-order valence-electron chi connectivity index (χ2n) is 6.23. The van der Waals surface area contributed by atoms with E-state index in [-0.39, 0.29) is 28.6 Å². The van der Waals surface area contributed by atoms with Crippen molar-refractivity contribution < 1.29 is 32.0 Å². The summed E-state index contributed by atoms with van der Waals surface area (Å²) in [6.45, 7) is 2.64. The van der Waals surface area contributed by atoms with Crippen LogP contribution in [0.15, 0.2) is 23.7 Å². The topological polar surface area (TPSA) is 128 Å². The molecule has 1 N–H and O–H groups in total. The van der Waals surface area contributed by atoms with Gasteiger partial charge in [-0.05, 0) is 18.6 Å². The number of nitrogens with zero attached hydrogens (tertiary/aromatic N) is 2. The fraction of sp³-hybridized carbons (Fsp3) is 0.412. The van der Waals surface area contributed by atoms with Crippen LogP contribution in [0.2, 0.25) is 5.02 Å². The van der Waals surface area contributed by atoms with Crippen molar-refractivity contribution in [1.29, 1.82) is 0 Å². The first-order chi connectivity index (χ1) is 13.6. The zero-order valence-electron chi connectivity index (χ0n) is 15.5. The highest BCUT2D eigenvalue weighted by molar-refractivity contribution is 7.85. The molecule has 0 amide bonds. The highest BCUT2D eigenvalue weighted by atomic mass is 35.5. The van der Waals surface area contributed by atoms with Gasteiger partial charge in [0.25, 0.3) is 15.8 Å². The Labute approximate surface area is 176 Å². The first-order valence-electron chi connectivity index (χ1n) is 8.61. The monoisotopic (exact) mass is 463 g/mol. The number of hydrogen-bond acceptors (Lipinski definition) is 7. The van der Waals surface area contributed by atoms with Crippen LogP contribution in [-0.4, -0.2) is 36.2 Å². The van der Waals surface area contributed by atoms with Crippen LogP contribution in [0.4, 0.5) is 5.69 Å². The van der Waals surface area contributed by atoms with Gasteiger partial charge in [-0.1, -0.05) is 22.9 Å². The molecule has 2 aromatic rings. The lowest BCUT2D eigenvalue weighted by atomic mass is 10.2. The molecule has 0 unspecified atom stereocenters. The molecule has 0 radical (unpaired) electrons. The summed E-state index contributed by atoms with van der Waals surface area (Å²) in [5.41, 5.74) is 2.59. The SMILES string of the molecule is Cc1c(CCOC(=O)c2ccc(Cl)c([N+](=O)[O-])c2)sc[n+]1CCCCS(=O)(=O)O. The van der Waals surface area contributed by atoms with Crippen LogP contribution in [0.3, 0.4) is 0 Å². The number of unbranched alkanes of at least 4 members (excludes halogenated alkanes) is 1. The molecule has 1 aromatic heterocycles. The summed E-state index contributed by atoms with van der Waals surface area (Å²) in [6, 6.07) is 3.74. The van der Waals surface area contributed by atoms with Gasteiger partial charge in [-0.3, -0.25) is 14.7 Å². The number of thiazole rings is 1. The predicted molar refractivity (Wildman–Crippen MR) is 107 cm³/mol. The highest BCUT2D eigenvalue weighted by Crippen LogP contribution is 2.25. The third-order valence-electron chi connectivity index (χ3n) is 4.15. The van der Waals surface area contributed by atoms with Gasteiger partial charge in [0, 0.05) is 25.8 Å². The average Bonchev–Trinajstić information content (AvgIpc) is 2.98. The second-order valence-corrected chi connectivity index (χ2v) is 9.15. The molecule has 29 heavy (non-hydrogen) atoms. The fourth-order valence-corrected chi connectivity index (χ4v) is 4.34. The molecule has 0 spiro atoms. The molecule has 158 valence electrons. The van der Waals surface area contributed by atoms with E-state index in [1.165, 1.54) is 23.5 Å². The Bertz CT molecular complexity index is 1010. The number of carbonyl (C=O) groups is 1. The third kappa shape index (κ3) is 7.03. The first kappa shape index (κ1) is 23.2. The molecule has 0 saturated carbocycles. The van der Waals surface area contributed by atoms with E-state index in [0.717, 1.165) is 16.6 Å². The Morgan fingerprint density at radius 1 is 1.38 bits per heavy atom. The lowest BCUT2D eigenvalue weighted by Gasteiger charge is -2.04. The van der Waals surface area contributed by atoms with E-state index in [1.54, 1.807) is 0 Å². The third-order valence-corrected chi connectivity index (χ3v) is 6.42. The van der Waals surface area contributed by atoms with Gasteiger partial charge in [0.2, 0.25) is 5.51 Å². The van der Waals surface area contributed by atoms with Crippen molar-refractivity contribution in [3.63, 3.8) is 0 Å². The van der Waals surface area contributed by atoms with Crippen LogP contribution < -0.4 is 4.57 Å². The van der Waals surface area contributed by atoms with Crippen LogP contribution >= 0.6 is 22.9 Å². The number of halogens is 1. The van der Waals surface area contributed by atoms with E-state index in [0.29, 0.717) is 25.8 Å². The summed E-state index contributed by atoms with van der Waals surface area (Å²) in [7, 11) is -3.94. The summed E-state index contributed by atoms with van der Waals surface area (Å²) in [4.78, 5) is 23.4. The van der Waals surface area contributed by atoms with E-state index in [4.69, 9.17) is 20.9 Å². The smallest absolute Gasteiger partial charge is 0.338 e. The number of carbonyl (C=O) groups excluding carboxylic acids is 1. The molecule has 0 fully saturated rings. The quantitative estimate of drug-likeness (QED) is 0.143. The molecule has 1 aromatic carbocycles. The number of aryl methyl sites for hydroxylation is 1. The molecular weight excluding hydrogens is 444 g/mol. The van der Waals surface area contributed by atoms with Gasteiger partial charge in [0.1, 0.15) is 11.6 Å². The molecule has 9 nitrogen and oxygen atoms in total. The molecule has 0 bridgehead atoms. The molecule has 0 saturated heterocycles. The number of nitro benzene ring substituents is 1. The van der Waals surface area contributed by atoms with Gasteiger partial charge in [0.05, 0.1) is 27.7 Å². The van der Waals surface area contributed by atoms with E-state index >= 15 is 0 Å². The van der Waals surface area contributed by atoms with Crippen LogP contribution in [0.5, 0.6) is 0 Å². The molecule has 1 heterocycles. The zero-order chi connectivity index (χ0) is 21.6. The van der Waals surface area contributed by atoms with Crippen molar-refractivity contribution in [2.75, 3.05) is 12.4 Å². The second kappa shape index (κ2) is 10.1. The minimum absolute atomic E-state index is 0.0536. The first-order valence-corrected chi connectivity index (χ1v) is 11.5. The minimum Gasteiger partial charge on any atom is -0.462 e. The fourth-order valence-electron chi connectivity index (χ4n) is 2.58. The zero-order valence-corrected chi connectivity index (χ0v) is 17.9. The van der Waals surface area contributed by atoms with E-state index in [9.17, 15) is 23.3 Å². The van der Waals surface area contributed by atoms with E-state index < -0.39 is 21.0 Å². The van der Waals surface area contributed by atoms with Crippen molar-refractivity contribution in [3.05, 3.63) is 55.0 Å². The number of aromatic nitrogens is 1. The number of rotatable bonds is 10. The predicted octanol–water partition coefficient (Wildman–Crippen LogP) is 2.97. The van der Waals surface area contributed by atoms with Crippen LogP contribution in [0.1, 0.15) is 33.8 Å². The van der Waals surface area contributed by atoms with Crippen molar-refractivity contribution in [1.82, 2.24) is 0 Å². The summed E-state index contributed by atoms with van der Waals surface area (Å²) in [6.07, 6.45) is 1.45. The number of nitro groups is 1. The number of ether oxygens (including phenoxy) is 1. The maximum Gasteiger partial charge on any atom is 0.338 e. The number of hydrogen-bond donors (Lipinski definition) is 1. The molecule has 0 aliphatic heterocycles. The average molecular weight is 464 g/mol. The molecule has 0 atom stereocenters. The Morgan fingerprint density at radius 2 is 2.10 bits per heavy atom. The van der Waals surface area contributed by atoms with Crippen LogP contribution in [0, 0.1) is 17.0 Å². The lowest BCUT2D eigenvalue weighted by molar-refractivity contribution is -0.698. The van der Waals surface area contributed by atoms with Gasteiger partial charge in [0.15, 0.2) is 5.69 Å². The number of benzene rings is 1. The summed E-state index contributed by atoms with van der Waals surface area (Å²) < 4.78 is 37.4. The maximum atomic E-state index is 12.1. The molecule has 0 aliphatic rings. The van der Waals surface area contributed by atoms with Crippen molar-refractivity contribution in [2.24, 2.45) is 0 Å². The normalized spacial score (nSPS) is 11.4. The van der Waals surface area contributed by atoms with Gasteiger partial charge in [-0.25, -0.2) is 4.79 Å². The Kier molecular flexibility index (Phi) is 8.08. The Hall–Kier alpha value is -2.08. The van der Waals surface area contributed by atoms with E-state index in [1.807, 2.05) is 17.0 Å². The summed E-state index contributed by atoms with van der Waals surface area (Å²) in [5.74, 6) is -0.931. The Morgan fingerprint density at radius 3 is 2.76 bits per heavy atom. The van der Waals surface area contributed by atoms with Crippen molar-refractivity contribution >= 4 is 44.7 Å². The minimum atomic E-state index is -3.94.